The van der Waals surface area contributed by atoms with E-state index < -0.39 is 16.1 Å². The van der Waals surface area contributed by atoms with E-state index in [1.54, 1.807) is 24.3 Å². The summed E-state index contributed by atoms with van der Waals surface area (Å²) in [5, 5.41) is 4.79. The minimum absolute atomic E-state index is 0.00200. The van der Waals surface area contributed by atoms with Crippen LogP contribution in [0.5, 0.6) is 0 Å². The maximum Gasteiger partial charge on any atom is 0.269 e. The zero-order valence-electron chi connectivity index (χ0n) is 15.7. The second kappa shape index (κ2) is 8.17. The summed E-state index contributed by atoms with van der Waals surface area (Å²) >= 11 is 0. The molecule has 154 valence electrons. The maximum atomic E-state index is 14.7. The van der Waals surface area contributed by atoms with Crippen LogP contribution in [0.25, 0.3) is 11.0 Å². The summed E-state index contributed by atoms with van der Waals surface area (Å²) in [5.41, 5.74) is 1.18. The van der Waals surface area contributed by atoms with Crippen molar-refractivity contribution in [3.05, 3.63) is 60.0 Å². The lowest BCUT2D eigenvalue weighted by atomic mass is 10.1. The molecule has 1 saturated heterocycles. The molecule has 1 atom stereocenters. The highest BCUT2D eigenvalue weighted by Gasteiger charge is 2.36. The van der Waals surface area contributed by atoms with E-state index in [1.807, 2.05) is 4.90 Å². The molecule has 29 heavy (non-hydrogen) atoms. The Hall–Kier alpha value is -2.36. The van der Waals surface area contributed by atoms with Gasteiger partial charge in [0.25, 0.3) is 10.0 Å². The Morgan fingerprint density at radius 1 is 1.21 bits per heavy atom. The van der Waals surface area contributed by atoms with E-state index >= 15 is 0 Å². The zero-order chi connectivity index (χ0) is 20.4. The molecule has 1 aromatic heterocycles. The standard InChI is InChI=1S/C20H21F2N3O3S/c21-15-8-9-18-19(23-28-20(18)13-15)7-4-11-24-12-10-16(14-24)25(22)29(26,27)17-5-2-1-3-6-17/h1-3,5-6,8-9,13,16H,4,7,10-12,14H2. The van der Waals surface area contributed by atoms with Crippen LogP contribution in [0.2, 0.25) is 0 Å². The molecule has 4 rings (SSSR count). The van der Waals surface area contributed by atoms with Gasteiger partial charge in [0.2, 0.25) is 0 Å². The van der Waals surface area contributed by atoms with Gasteiger partial charge in [-0.3, -0.25) is 0 Å². The number of nitrogens with zero attached hydrogens (tertiary/aromatic N) is 3. The van der Waals surface area contributed by atoms with E-state index in [0.29, 0.717) is 38.1 Å². The van der Waals surface area contributed by atoms with Crippen molar-refractivity contribution >= 4 is 21.0 Å². The van der Waals surface area contributed by atoms with E-state index in [0.717, 1.165) is 17.5 Å². The van der Waals surface area contributed by atoms with Gasteiger partial charge < -0.3 is 9.42 Å². The van der Waals surface area contributed by atoms with Crippen LogP contribution in [0.1, 0.15) is 18.5 Å². The lowest BCUT2D eigenvalue weighted by Gasteiger charge is -2.20. The minimum Gasteiger partial charge on any atom is -0.356 e. The Balaban J connectivity index is 1.32. The number of aryl methyl sites for hydroxylation is 1. The van der Waals surface area contributed by atoms with Gasteiger partial charge >= 0.3 is 0 Å². The zero-order valence-corrected chi connectivity index (χ0v) is 16.5. The molecule has 2 aromatic carbocycles. The van der Waals surface area contributed by atoms with Crippen LogP contribution >= 0.6 is 0 Å². The van der Waals surface area contributed by atoms with Crippen LogP contribution in [-0.2, 0) is 16.4 Å². The molecule has 1 aliphatic heterocycles. The van der Waals surface area contributed by atoms with Gasteiger partial charge in [0.1, 0.15) is 5.82 Å². The Kier molecular flexibility index (Phi) is 5.62. The van der Waals surface area contributed by atoms with Crippen molar-refractivity contribution in [3.63, 3.8) is 0 Å². The third kappa shape index (κ3) is 4.17. The van der Waals surface area contributed by atoms with Crippen molar-refractivity contribution in [1.82, 2.24) is 14.6 Å². The average molecular weight is 421 g/mol. The molecule has 1 unspecified atom stereocenters. The molecule has 0 saturated carbocycles. The quantitative estimate of drug-likeness (QED) is 0.546. The normalized spacial score (nSPS) is 18.1. The molecule has 0 aliphatic carbocycles. The van der Waals surface area contributed by atoms with E-state index in [1.165, 1.54) is 24.3 Å². The molecular weight excluding hydrogens is 400 g/mol. The Morgan fingerprint density at radius 2 is 2.00 bits per heavy atom. The summed E-state index contributed by atoms with van der Waals surface area (Å²) in [6.07, 6.45) is 1.83. The van der Waals surface area contributed by atoms with E-state index in [9.17, 15) is 17.3 Å². The molecule has 1 aliphatic rings. The highest BCUT2D eigenvalue weighted by Crippen LogP contribution is 2.25. The number of rotatable bonds is 7. The van der Waals surface area contributed by atoms with Gasteiger partial charge in [-0.2, -0.15) is 0 Å². The second-order valence-corrected chi connectivity index (χ2v) is 8.95. The third-order valence-electron chi connectivity index (χ3n) is 5.20. The van der Waals surface area contributed by atoms with E-state index in [4.69, 9.17) is 4.52 Å². The Labute approximate surface area is 167 Å². The fraction of sp³-hybridized carbons (Fsp3) is 0.350. The van der Waals surface area contributed by atoms with Crippen LogP contribution in [0.15, 0.2) is 57.9 Å². The molecule has 0 amide bonds. The van der Waals surface area contributed by atoms with Crippen LogP contribution in [0, 0.1) is 5.82 Å². The van der Waals surface area contributed by atoms with Crippen molar-refractivity contribution in [3.8, 4) is 0 Å². The predicted octanol–water partition coefficient (Wildman–Crippen LogP) is 3.55. The third-order valence-corrected chi connectivity index (χ3v) is 6.83. The maximum absolute atomic E-state index is 14.7. The van der Waals surface area contributed by atoms with Crippen LogP contribution in [0.4, 0.5) is 8.87 Å². The summed E-state index contributed by atoms with van der Waals surface area (Å²) in [6.45, 7) is 1.65. The van der Waals surface area contributed by atoms with Crippen LogP contribution in [-0.4, -0.2) is 48.7 Å². The first-order chi connectivity index (χ1) is 13.9. The first-order valence-electron chi connectivity index (χ1n) is 9.46. The number of fused-ring (bicyclic) bond motifs is 1. The van der Waals surface area contributed by atoms with Crippen molar-refractivity contribution in [2.75, 3.05) is 19.6 Å². The summed E-state index contributed by atoms with van der Waals surface area (Å²) in [7, 11) is -4.14. The first kappa shape index (κ1) is 19.9. The van der Waals surface area contributed by atoms with Gasteiger partial charge in [-0.1, -0.05) is 23.4 Å². The van der Waals surface area contributed by atoms with Crippen molar-refractivity contribution in [1.29, 1.82) is 0 Å². The predicted molar refractivity (Wildman–Crippen MR) is 104 cm³/mol. The largest absolute Gasteiger partial charge is 0.356 e. The number of hydrogen-bond acceptors (Lipinski definition) is 5. The fourth-order valence-corrected chi connectivity index (χ4v) is 4.95. The molecule has 1 fully saturated rings. The van der Waals surface area contributed by atoms with Crippen LogP contribution < -0.4 is 0 Å². The van der Waals surface area contributed by atoms with Crippen molar-refractivity contribution in [2.45, 2.75) is 30.2 Å². The molecular formula is C20H21F2N3O3S. The lowest BCUT2D eigenvalue weighted by Crippen LogP contribution is -2.36. The summed E-state index contributed by atoms with van der Waals surface area (Å²) in [5.74, 6) is -0.371. The number of hydrogen-bond donors (Lipinski definition) is 0. The Morgan fingerprint density at radius 3 is 2.79 bits per heavy atom. The minimum atomic E-state index is -4.14. The van der Waals surface area contributed by atoms with E-state index in [-0.39, 0.29) is 15.2 Å². The molecule has 2 heterocycles. The number of halogens is 2. The first-order valence-corrected chi connectivity index (χ1v) is 10.9. The fourth-order valence-electron chi connectivity index (χ4n) is 3.68. The van der Waals surface area contributed by atoms with Gasteiger partial charge in [-0.05, 0) is 61.1 Å². The molecule has 0 spiro atoms. The summed E-state index contributed by atoms with van der Waals surface area (Å²) < 4.78 is 57.9. The highest BCUT2D eigenvalue weighted by atomic mass is 32.2. The molecule has 0 N–H and O–H groups in total. The van der Waals surface area contributed by atoms with Crippen LogP contribution in [0.3, 0.4) is 0 Å². The molecule has 0 radical (unpaired) electrons. The van der Waals surface area contributed by atoms with Gasteiger partial charge in [0, 0.05) is 18.0 Å². The van der Waals surface area contributed by atoms with Crippen molar-refractivity contribution in [2.24, 2.45) is 0 Å². The number of benzene rings is 2. The van der Waals surface area contributed by atoms with Crippen molar-refractivity contribution < 1.29 is 21.8 Å². The number of sulfonamides is 1. The molecule has 0 bridgehead atoms. The van der Waals surface area contributed by atoms with Gasteiger partial charge in [0.15, 0.2) is 5.58 Å². The molecule has 6 nitrogen and oxygen atoms in total. The van der Waals surface area contributed by atoms with E-state index in [2.05, 4.69) is 5.16 Å². The molecule has 9 heteroatoms. The van der Waals surface area contributed by atoms with Gasteiger partial charge in [-0.15, -0.1) is 4.48 Å². The number of aromatic nitrogens is 1. The summed E-state index contributed by atoms with van der Waals surface area (Å²) in [4.78, 5) is 2.00. The second-order valence-electron chi connectivity index (χ2n) is 7.18. The SMILES string of the molecule is O=S(=O)(c1ccccc1)N(F)C1CCN(CCCc2noc3cc(F)ccc23)C1. The monoisotopic (exact) mass is 421 g/mol. The number of likely N-dealkylation sites (tertiary alicyclic amines) is 1. The van der Waals surface area contributed by atoms with Gasteiger partial charge in [-0.25, -0.2) is 12.8 Å². The summed E-state index contributed by atoms with van der Waals surface area (Å²) in [6, 6.07) is 11.2. The average Bonchev–Trinajstić information content (AvgIpc) is 3.35. The van der Waals surface area contributed by atoms with Gasteiger partial charge in [0.05, 0.1) is 16.6 Å². The topological polar surface area (TPSA) is 66.7 Å². The lowest BCUT2D eigenvalue weighted by molar-refractivity contribution is 0.0870. The smallest absolute Gasteiger partial charge is 0.269 e. The molecule has 3 aromatic rings. The highest BCUT2D eigenvalue weighted by molar-refractivity contribution is 7.89. The Bertz CT molecular complexity index is 1090.